The summed E-state index contributed by atoms with van der Waals surface area (Å²) < 4.78 is 5.44. The van der Waals surface area contributed by atoms with E-state index in [1.807, 2.05) is 0 Å². The molecule has 0 atom stereocenters. The quantitative estimate of drug-likeness (QED) is 0.485. The zero-order chi connectivity index (χ0) is 14.9. The van der Waals surface area contributed by atoms with Gasteiger partial charge >= 0.3 is 5.69 Å². The van der Waals surface area contributed by atoms with Gasteiger partial charge in [-0.3, -0.25) is 14.9 Å². The van der Waals surface area contributed by atoms with Gasteiger partial charge in [0, 0.05) is 6.07 Å². The van der Waals surface area contributed by atoms with E-state index < -0.39 is 4.92 Å². The summed E-state index contributed by atoms with van der Waals surface area (Å²) in [6, 6.07) is 3.18. The number of nitro benzene ring substituents is 1. The topological polar surface area (TPSA) is 82.3 Å². The molecule has 0 fully saturated rings. The van der Waals surface area contributed by atoms with Crippen LogP contribution in [0.1, 0.15) is 20.8 Å². The van der Waals surface area contributed by atoms with Crippen LogP contribution in [0.3, 0.4) is 0 Å². The zero-order valence-corrected chi connectivity index (χ0v) is 12.1. The van der Waals surface area contributed by atoms with E-state index in [-0.39, 0.29) is 26.7 Å². The predicted octanol–water partition coefficient (Wildman–Crippen LogP) is 3.93. The highest BCUT2D eigenvalue weighted by Gasteiger charge is 2.21. The lowest BCUT2D eigenvalue weighted by atomic mass is 10.1. The van der Waals surface area contributed by atoms with Crippen molar-refractivity contribution in [2.75, 3.05) is 0 Å². The third-order valence-electron chi connectivity index (χ3n) is 2.48. The van der Waals surface area contributed by atoms with Crippen molar-refractivity contribution in [3.05, 3.63) is 43.4 Å². The van der Waals surface area contributed by atoms with Gasteiger partial charge in [0.2, 0.25) is 5.75 Å². The molecule has 2 rings (SSSR count). The molecule has 0 radical (unpaired) electrons. The van der Waals surface area contributed by atoms with Crippen LogP contribution in [-0.4, -0.2) is 16.2 Å². The number of hydrogen-bond donors (Lipinski definition) is 0. The molecule has 0 unspecified atom stereocenters. The number of thiazole rings is 1. The van der Waals surface area contributed by atoms with Crippen molar-refractivity contribution in [2.24, 2.45) is 0 Å². The Hall–Kier alpha value is -1.99. The zero-order valence-electron chi connectivity index (χ0n) is 10.5. The lowest BCUT2D eigenvalue weighted by Crippen LogP contribution is -1.96. The average molecular weight is 313 g/mol. The molecule has 0 saturated heterocycles. The maximum Gasteiger partial charge on any atom is 0.312 e. The summed E-state index contributed by atoms with van der Waals surface area (Å²) in [5, 5.41) is 11.2. The second-order valence-electron chi connectivity index (χ2n) is 4.04. The van der Waals surface area contributed by atoms with Crippen LogP contribution in [0, 0.1) is 24.0 Å². The molecule has 1 heterocycles. The molecule has 104 valence electrons. The largest absolute Gasteiger partial charge is 0.423 e. The average Bonchev–Trinajstić information content (AvgIpc) is 2.72. The number of rotatable bonds is 4. The monoisotopic (exact) mass is 312 g/mol. The number of nitrogens with zero attached hydrogens (tertiary/aromatic N) is 2. The Labute approximate surface area is 123 Å². The van der Waals surface area contributed by atoms with Gasteiger partial charge in [-0.2, -0.15) is 4.98 Å². The summed E-state index contributed by atoms with van der Waals surface area (Å²) in [5.41, 5.74) is 1.21. The summed E-state index contributed by atoms with van der Waals surface area (Å²) in [4.78, 5) is 25.3. The van der Waals surface area contributed by atoms with Crippen LogP contribution in [0.5, 0.6) is 10.9 Å². The Kier molecular flexibility index (Phi) is 4.01. The van der Waals surface area contributed by atoms with E-state index in [0.717, 1.165) is 16.9 Å². The minimum atomic E-state index is -0.523. The van der Waals surface area contributed by atoms with E-state index >= 15 is 0 Å². The minimum absolute atomic E-state index is 0.0208. The van der Waals surface area contributed by atoms with Gasteiger partial charge in [0.05, 0.1) is 4.92 Å². The van der Waals surface area contributed by atoms with Gasteiger partial charge in [0.1, 0.15) is 4.88 Å². The molecule has 6 nitrogen and oxygen atoms in total. The number of aromatic nitrogens is 1. The van der Waals surface area contributed by atoms with E-state index in [1.165, 1.54) is 6.07 Å². The van der Waals surface area contributed by atoms with E-state index in [1.54, 1.807) is 19.9 Å². The molecule has 0 amide bonds. The van der Waals surface area contributed by atoms with E-state index in [0.29, 0.717) is 11.8 Å². The van der Waals surface area contributed by atoms with Gasteiger partial charge in [-0.1, -0.05) is 29.0 Å². The van der Waals surface area contributed by atoms with Crippen LogP contribution in [0.4, 0.5) is 5.69 Å². The first-order chi connectivity index (χ1) is 9.42. The van der Waals surface area contributed by atoms with Crippen molar-refractivity contribution < 1.29 is 14.5 Å². The summed E-state index contributed by atoms with van der Waals surface area (Å²) in [5.74, 6) is 0.100. The second kappa shape index (κ2) is 5.56. The van der Waals surface area contributed by atoms with Gasteiger partial charge in [-0.25, -0.2) is 0 Å². The molecule has 0 spiro atoms. The van der Waals surface area contributed by atoms with Crippen LogP contribution >= 0.6 is 22.9 Å². The van der Waals surface area contributed by atoms with E-state index in [4.69, 9.17) is 16.3 Å². The molecule has 0 aliphatic carbocycles. The predicted molar refractivity (Wildman–Crippen MR) is 75.2 cm³/mol. The number of hydrogen-bond acceptors (Lipinski definition) is 6. The van der Waals surface area contributed by atoms with Gasteiger partial charge in [-0.05, 0) is 25.0 Å². The Balaban J connectivity index is 2.47. The second-order valence-corrected chi connectivity index (χ2v) is 5.39. The number of halogens is 1. The molecule has 1 aromatic carbocycles. The van der Waals surface area contributed by atoms with E-state index in [9.17, 15) is 14.9 Å². The number of aldehydes is 1. The van der Waals surface area contributed by atoms with Gasteiger partial charge in [-0.15, -0.1) is 0 Å². The number of carbonyl (C=O) groups is 1. The van der Waals surface area contributed by atoms with Crippen molar-refractivity contribution in [3.63, 3.8) is 0 Å². The lowest BCUT2D eigenvalue weighted by Gasteiger charge is -2.07. The van der Waals surface area contributed by atoms with Crippen LogP contribution in [-0.2, 0) is 0 Å². The summed E-state index contributed by atoms with van der Waals surface area (Å²) in [6.45, 7) is 3.46. The van der Waals surface area contributed by atoms with Crippen molar-refractivity contribution in [1.82, 2.24) is 4.98 Å². The highest BCUT2D eigenvalue weighted by atomic mass is 35.5. The molecule has 0 saturated carbocycles. The lowest BCUT2D eigenvalue weighted by molar-refractivity contribution is -0.385. The molecule has 0 aliphatic rings. The van der Waals surface area contributed by atoms with Crippen LogP contribution in [0.15, 0.2) is 12.1 Å². The van der Waals surface area contributed by atoms with Crippen LogP contribution in [0.2, 0.25) is 5.15 Å². The Morgan fingerprint density at radius 3 is 2.70 bits per heavy atom. The van der Waals surface area contributed by atoms with Crippen molar-refractivity contribution in [2.45, 2.75) is 13.8 Å². The van der Waals surface area contributed by atoms with Crippen molar-refractivity contribution >= 4 is 34.9 Å². The molecule has 0 bridgehead atoms. The molecule has 8 heteroatoms. The minimum Gasteiger partial charge on any atom is -0.423 e. The van der Waals surface area contributed by atoms with Crippen LogP contribution in [0.25, 0.3) is 0 Å². The Morgan fingerprint density at radius 2 is 2.15 bits per heavy atom. The van der Waals surface area contributed by atoms with E-state index in [2.05, 4.69) is 4.98 Å². The summed E-state index contributed by atoms with van der Waals surface area (Å²) in [6.07, 6.45) is 0.559. The maximum atomic E-state index is 11.1. The highest BCUT2D eigenvalue weighted by Crippen LogP contribution is 2.38. The maximum absolute atomic E-state index is 11.1. The SMILES string of the molecule is Cc1cc(C)c(Oc2nc(Cl)c(C=O)s2)c([N+](=O)[O-])c1. The van der Waals surface area contributed by atoms with Crippen molar-refractivity contribution in [1.29, 1.82) is 0 Å². The summed E-state index contributed by atoms with van der Waals surface area (Å²) >= 11 is 6.66. The first-order valence-electron chi connectivity index (χ1n) is 5.47. The third kappa shape index (κ3) is 2.78. The molecule has 0 aliphatic heterocycles. The number of aryl methyl sites for hydroxylation is 2. The van der Waals surface area contributed by atoms with Gasteiger partial charge in [0.25, 0.3) is 5.19 Å². The fourth-order valence-electron chi connectivity index (χ4n) is 1.70. The first kappa shape index (κ1) is 14.4. The number of carbonyl (C=O) groups excluding carboxylic acids is 1. The highest BCUT2D eigenvalue weighted by molar-refractivity contribution is 7.15. The van der Waals surface area contributed by atoms with Crippen molar-refractivity contribution in [3.8, 4) is 10.9 Å². The molecule has 0 N–H and O–H groups in total. The normalized spacial score (nSPS) is 10.3. The molecular formula is C12H9ClN2O4S. The molecule has 20 heavy (non-hydrogen) atoms. The van der Waals surface area contributed by atoms with Gasteiger partial charge < -0.3 is 4.74 Å². The van der Waals surface area contributed by atoms with Crippen LogP contribution < -0.4 is 4.74 Å². The smallest absolute Gasteiger partial charge is 0.312 e. The Morgan fingerprint density at radius 1 is 1.45 bits per heavy atom. The summed E-state index contributed by atoms with van der Waals surface area (Å²) in [7, 11) is 0. The molecular weight excluding hydrogens is 304 g/mol. The van der Waals surface area contributed by atoms with Gasteiger partial charge in [0.15, 0.2) is 11.4 Å². The number of ether oxygens (including phenoxy) is 1. The Bertz CT molecular complexity index is 699. The first-order valence-corrected chi connectivity index (χ1v) is 6.66. The number of benzene rings is 1. The fraction of sp³-hybridized carbons (Fsp3) is 0.167. The molecule has 2 aromatic rings. The number of nitro groups is 1. The fourth-order valence-corrected chi connectivity index (χ4v) is 2.61. The standard InChI is InChI=1S/C12H9ClN2O4S/c1-6-3-7(2)10(8(4-6)15(17)18)19-12-14-11(13)9(5-16)20-12/h3-5H,1-2H3. The third-order valence-corrected chi connectivity index (χ3v) is 3.74. The molecule has 1 aromatic heterocycles.